The molecule has 0 aromatic carbocycles. The quantitative estimate of drug-likeness (QED) is 0.836. The molecule has 2 rings (SSSR count). The Morgan fingerprint density at radius 3 is 2.62 bits per heavy atom. The first kappa shape index (κ1) is 11.6. The van der Waals surface area contributed by atoms with E-state index < -0.39 is 0 Å². The van der Waals surface area contributed by atoms with E-state index >= 15 is 0 Å². The van der Waals surface area contributed by atoms with E-state index in [1.807, 2.05) is 11.6 Å². The van der Waals surface area contributed by atoms with Crippen molar-refractivity contribution in [1.29, 1.82) is 5.26 Å². The van der Waals surface area contributed by atoms with Gasteiger partial charge in [-0.1, -0.05) is 6.42 Å². The Bertz CT molecular complexity index is 401. The maximum absolute atomic E-state index is 9.30. The van der Waals surface area contributed by atoms with E-state index in [1.165, 1.54) is 19.3 Å². The van der Waals surface area contributed by atoms with Crippen molar-refractivity contribution in [2.24, 2.45) is 7.05 Å². The molecule has 1 saturated heterocycles. The van der Waals surface area contributed by atoms with E-state index in [2.05, 4.69) is 31.9 Å². The molecular weight excluding hydrogens is 268 g/mol. The number of hydrogen-bond acceptors (Lipinski definition) is 3. The summed E-state index contributed by atoms with van der Waals surface area (Å²) in [6.45, 7) is 2.00. The van der Waals surface area contributed by atoms with Crippen LogP contribution >= 0.6 is 15.9 Å². The number of hydrogen-bond donors (Lipinski definition) is 0. The molecule has 1 aromatic heterocycles. The minimum atomic E-state index is -0.212. The number of rotatable bonds is 2. The minimum Gasteiger partial charge on any atom is -0.328 e. The zero-order chi connectivity index (χ0) is 11.5. The van der Waals surface area contributed by atoms with Crippen molar-refractivity contribution in [2.45, 2.75) is 25.3 Å². The monoisotopic (exact) mass is 282 g/mol. The fourth-order valence-electron chi connectivity index (χ4n) is 2.11. The molecule has 0 bridgehead atoms. The van der Waals surface area contributed by atoms with Gasteiger partial charge in [0.25, 0.3) is 0 Å². The third-order valence-corrected chi connectivity index (χ3v) is 3.99. The molecule has 2 heterocycles. The molecule has 1 unspecified atom stereocenters. The summed E-state index contributed by atoms with van der Waals surface area (Å²) < 4.78 is 2.80. The number of likely N-dealkylation sites (tertiary alicyclic amines) is 1. The predicted molar refractivity (Wildman–Crippen MR) is 64.7 cm³/mol. The molecule has 1 fully saturated rings. The summed E-state index contributed by atoms with van der Waals surface area (Å²) in [5.41, 5.74) is 0.840. The molecular formula is C11H15BrN4. The van der Waals surface area contributed by atoms with Crippen molar-refractivity contribution in [3.63, 3.8) is 0 Å². The molecule has 5 heteroatoms. The third kappa shape index (κ3) is 2.13. The Kier molecular flexibility index (Phi) is 3.62. The lowest BCUT2D eigenvalue weighted by molar-refractivity contribution is 0.193. The molecule has 0 aliphatic carbocycles. The van der Waals surface area contributed by atoms with Crippen molar-refractivity contribution in [2.75, 3.05) is 13.1 Å². The van der Waals surface area contributed by atoms with Crippen LogP contribution in [0.5, 0.6) is 0 Å². The average molecular weight is 283 g/mol. The summed E-state index contributed by atoms with van der Waals surface area (Å²) in [7, 11) is 1.92. The van der Waals surface area contributed by atoms with Gasteiger partial charge in [-0.15, -0.1) is 0 Å². The molecule has 1 aliphatic rings. The number of halogens is 1. The van der Waals surface area contributed by atoms with E-state index in [0.29, 0.717) is 0 Å². The second kappa shape index (κ2) is 4.98. The molecule has 0 N–H and O–H groups in total. The SMILES string of the molecule is Cn1cnc(C(C#N)N2CCCCC2)c1Br. The molecule has 16 heavy (non-hydrogen) atoms. The fraction of sp³-hybridized carbons (Fsp3) is 0.636. The van der Waals surface area contributed by atoms with Crippen LogP contribution in [0.15, 0.2) is 10.9 Å². The summed E-state index contributed by atoms with van der Waals surface area (Å²) in [6, 6.07) is 2.15. The Hall–Kier alpha value is -0.860. The molecule has 1 aromatic rings. The zero-order valence-corrected chi connectivity index (χ0v) is 10.9. The van der Waals surface area contributed by atoms with Crippen LogP contribution in [0, 0.1) is 11.3 Å². The van der Waals surface area contributed by atoms with Crippen LogP contribution in [0.2, 0.25) is 0 Å². The summed E-state index contributed by atoms with van der Waals surface area (Å²) in [5, 5.41) is 9.30. The summed E-state index contributed by atoms with van der Waals surface area (Å²) in [5.74, 6) is 0. The van der Waals surface area contributed by atoms with Crippen LogP contribution in [0.1, 0.15) is 31.0 Å². The third-order valence-electron chi connectivity index (χ3n) is 3.03. The van der Waals surface area contributed by atoms with Crippen molar-refractivity contribution < 1.29 is 0 Å². The Balaban J connectivity index is 2.22. The zero-order valence-electron chi connectivity index (χ0n) is 9.36. The first-order valence-corrected chi connectivity index (χ1v) is 6.33. The van der Waals surface area contributed by atoms with Gasteiger partial charge in [-0.25, -0.2) is 4.98 Å². The predicted octanol–water partition coefficient (Wildman–Crippen LogP) is 2.23. The summed E-state index contributed by atoms with van der Waals surface area (Å²) in [6.07, 6.45) is 5.39. The smallest absolute Gasteiger partial charge is 0.143 e. The molecule has 0 radical (unpaired) electrons. The highest BCUT2D eigenvalue weighted by atomic mass is 79.9. The highest BCUT2D eigenvalue weighted by Gasteiger charge is 2.26. The van der Waals surface area contributed by atoms with Gasteiger partial charge < -0.3 is 4.57 Å². The lowest BCUT2D eigenvalue weighted by Gasteiger charge is -2.29. The van der Waals surface area contributed by atoms with Crippen LogP contribution in [-0.4, -0.2) is 27.5 Å². The van der Waals surface area contributed by atoms with Crippen molar-refractivity contribution in [3.8, 4) is 6.07 Å². The number of imidazole rings is 1. The normalized spacial score (nSPS) is 19.3. The summed E-state index contributed by atoms with van der Waals surface area (Å²) >= 11 is 3.48. The Labute approximate surface area is 104 Å². The molecule has 0 spiro atoms. The van der Waals surface area contributed by atoms with Gasteiger partial charge in [0.2, 0.25) is 0 Å². The topological polar surface area (TPSA) is 44.9 Å². The highest BCUT2D eigenvalue weighted by molar-refractivity contribution is 9.10. The highest BCUT2D eigenvalue weighted by Crippen LogP contribution is 2.27. The van der Waals surface area contributed by atoms with Crippen LogP contribution in [0.25, 0.3) is 0 Å². The van der Waals surface area contributed by atoms with Crippen molar-refractivity contribution in [3.05, 3.63) is 16.6 Å². The Morgan fingerprint density at radius 1 is 1.44 bits per heavy atom. The molecule has 4 nitrogen and oxygen atoms in total. The van der Waals surface area contributed by atoms with Gasteiger partial charge in [-0.05, 0) is 41.9 Å². The average Bonchev–Trinajstić information content (AvgIpc) is 2.64. The van der Waals surface area contributed by atoms with Crippen LogP contribution < -0.4 is 0 Å². The van der Waals surface area contributed by atoms with Gasteiger partial charge in [0, 0.05) is 7.05 Å². The second-order valence-corrected chi connectivity index (χ2v) is 4.91. The first-order valence-electron chi connectivity index (χ1n) is 5.54. The van der Waals surface area contributed by atoms with Crippen molar-refractivity contribution >= 4 is 15.9 Å². The van der Waals surface area contributed by atoms with E-state index in [0.717, 1.165) is 23.4 Å². The van der Waals surface area contributed by atoms with E-state index in [4.69, 9.17) is 0 Å². The first-order chi connectivity index (χ1) is 7.74. The number of aryl methyl sites for hydroxylation is 1. The lowest BCUT2D eigenvalue weighted by atomic mass is 10.1. The van der Waals surface area contributed by atoms with Gasteiger partial charge in [0.1, 0.15) is 16.3 Å². The molecule has 1 atom stereocenters. The number of aromatic nitrogens is 2. The van der Waals surface area contributed by atoms with Crippen LogP contribution in [0.4, 0.5) is 0 Å². The van der Waals surface area contributed by atoms with Gasteiger partial charge in [0.15, 0.2) is 0 Å². The second-order valence-electron chi connectivity index (χ2n) is 4.16. The largest absolute Gasteiger partial charge is 0.328 e. The Morgan fingerprint density at radius 2 is 2.12 bits per heavy atom. The van der Waals surface area contributed by atoms with Gasteiger partial charge in [-0.2, -0.15) is 5.26 Å². The van der Waals surface area contributed by atoms with Crippen LogP contribution in [0.3, 0.4) is 0 Å². The fourth-order valence-corrected chi connectivity index (χ4v) is 2.52. The van der Waals surface area contributed by atoms with E-state index in [9.17, 15) is 5.26 Å². The standard InChI is InChI=1S/C11H15BrN4/c1-15-8-14-10(11(15)12)9(7-13)16-5-3-2-4-6-16/h8-9H,2-6H2,1H3. The van der Waals surface area contributed by atoms with Gasteiger partial charge in [0.05, 0.1) is 12.4 Å². The number of nitrogens with zero attached hydrogens (tertiary/aromatic N) is 4. The molecule has 86 valence electrons. The van der Waals surface area contributed by atoms with E-state index in [-0.39, 0.29) is 6.04 Å². The number of nitriles is 1. The number of piperidine rings is 1. The van der Waals surface area contributed by atoms with E-state index in [1.54, 1.807) is 6.33 Å². The van der Waals surface area contributed by atoms with Gasteiger partial charge >= 0.3 is 0 Å². The van der Waals surface area contributed by atoms with Gasteiger partial charge in [-0.3, -0.25) is 4.90 Å². The molecule has 0 amide bonds. The lowest BCUT2D eigenvalue weighted by Crippen LogP contribution is -2.33. The maximum atomic E-state index is 9.30. The molecule has 0 saturated carbocycles. The maximum Gasteiger partial charge on any atom is 0.143 e. The minimum absolute atomic E-state index is 0.212. The van der Waals surface area contributed by atoms with Crippen molar-refractivity contribution in [1.82, 2.24) is 14.5 Å². The summed E-state index contributed by atoms with van der Waals surface area (Å²) in [4.78, 5) is 6.53. The van der Waals surface area contributed by atoms with Crippen LogP contribution in [-0.2, 0) is 7.05 Å². The molecule has 1 aliphatic heterocycles.